The molecule has 96 valence electrons. The largest absolute Gasteiger partial charge is 0.478 e. The highest BCUT2D eigenvalue weighted by Gasteiger charge is 2.44. The number of halogens is 1. The van der Waals surface area contributed by atoms with E-state index in [1.165, 1.54) is 25.7 Å². The maximum atomic E-state index is 11.3. The van der Waals surface area contributed by atoms with Gasteiger partial charge in [-0.25, -0.2) is 4.79 Å². The van der Waals surface area contributed by atoms with Crippen molar-refractivity contribution in [1.82, 2.24) is 0 Å². The van der Waals surface area contributed by atoms with Crippen LogP contribution in [0.2, 0.25) is 0 Å². The zero-order valence-electron chi connectivity index (χ0n) is 10.2. The molecule has 0 atom stereocenters. The predicted octanol–water partition coefficient (Wildman–Crippen LogP) is 3.37. The molecule has 1 saturated heterocycles. The highest BCUT2D eigenvalue weighted by molar-refractivity contribution is 14.1. The fourth-order valence-electron chi connectivity index (χ4n) is 2.85. The number of rotatable bonds is 2. The highest BCUT2D eigenvalue weighted by Crippen LogP contribution is 2.54. The van der Waals surface area contributed by atoms with Crippen molar-refractivity contribution in [3.05, 3.63) is 27.3 Å². The van der Waals surface area contributed by atoms with Gasteiger partial charge in [-0.15, -0.1) is 0 Å². The summed E-state index contributed by atoms with van der Waals surface area (Å²) in [7, 11) is 0. The summed E-state index contributed by atoms with van der Waals surface area (Å²) < 4.78 is 1.10. The van der Waals surface area contributed by atoms with Crippen LogP contribution in [0.25, 0.3) is 0 Å². The van der Waals surface area contributed by atoms with Crippen LogP contribution < -0.4 is 4.90 Å². The van der Waals surface area contributed by atoms with Crippen LogP contribution >= 0.6 is 22.6 Å². The Morgan fingerprint density at radius 1 is 1.22 bits per heavy atom. The second-order valence-electron chi connectivity index (χ2n) is 5.45. The number of anilines is 1. The first-order valence-corrected chi connectivity index (χ1v) is 7.45. The van der Waals surface area contributed by atoms with Crippen LogP contribution in [0.5, 0.6) is 0 Å². The zero-order valence-corrected chi connectivity index (χ0v) is 12.3. The first-order valence-electron chi connectivity index (χ1n) is 6.38. The van der Waals surface area contributed by atoms with Crippen LogP contribution in [-0.2, 0) is 0 Å². The van der Waals surface area contributed by atoms with Crippen molar-refractivity contribution >= 4 is 34.2 Å². The Labute approximate surface area is 120 Å². The van der Waals surface area contributed by atoms with Gasteiger partial charge in [0.1, 0.15) is 0 Å². The Balaban J connectivity index is 1.86. The Hall–Kier alpha value is -0.780. The molecule has 3 rings (SSSR count). The van der Waals surface area contributed by atoms with Crippen molar-refractivity contribution in [2.75, 3.05) is 18.0 Å². The second-order valence-corrected chi connectivity index (χ2v) is 6.70. The standard InChI is InChI=1S/C14H16INO2/c15-10-1-2-11(13(17)18)12(9-10)16-7-5-14(3-4-14)6-8-16/h1-2,9H,3-8H2,(H,17,18). The predicted molar refractivity (Wildman–Crippen MR) is 79.2 cm³/mol. The number of carbonyl (C=O) groups is 1. The molecule has 1 heterocycles. The number of hydrogen-bond acceptors (Lipinski definition) is 2. The molecule has 0 amide bonds. The Morgan fingerprint density at radius 3 is 2.44 bits per heavy atom. The van der Waals surface area contributed by atoms with E-state index in [0.717, 1.165) is 22.3 Å². The van der Waals surface area contributed by atoms with Gasteiger partial charge >= 0.3 is 5.97 Å². The number of aromatic carboxylic acids is 1. The van der Waals surface area contributed by atoms with Crippen molar-refractivity contribution in [2.45, 2.75) is 25.7 Å². The first kappa shape index (κ1) is 12.3. The fourth-order valence-corrected chi connectivity index (χ4v) is 3.32. The van der Waals surface area contributed by atoms with Gasteiger partial charge in [0.25, 0.3) is 0 Å². The van der Waals surface area contributed by atoms with Crippen LogP contribution in [0, 0.1) is 8.99 Å². The smallest absolute Gasteiger partial charge is 0.337 e. The average molecular weight is 357 g/mol. The average Bonchev–Trinajstić information content (AvgIpc) is 3.09. The van der Waals surface area contributed by atoms with Crippen molar-refractivity contribution in [1.29, 1.82) is 0 Å². The van der Waals surface area contributed by atoms with E-state index < -0.39 is 5.97 Å². The van der Waals surface area contributed by atoms with E-state index >= 15 is 0 Å². The molecular formula is C14H16INO2. The van der Waals surface area contributed by atoms with Gasteiger partial charge < -0.3 is 10.0 Å². The number of nitrogens with zero attached hydrogens (tertiary/aromatic N) is 1. The Bertz CT molecular complexity index is 487. The summed E-state index contributed by atoms with van der Waals surface area (Å²) in [5, 5.41) is 9.27. The summed E-state index contributed by atoms with van der Waals surface area (Å²) in [5.74, 6) is -0.826. The topological polar surface area (TPSA) is 40.5 Å². The Morgan fingerprint density at radius 2 is 1.89 bits per heavy atom. The molecule has 1 aliphatic carbocycles. The number of carboxylic acid groups (broad SMARTS) is 1. The third kappa shape index (κ3) is 2.22. The van der Waals surface area contributed by atoms with Gasteiger partial charge in [-0.1, -0.05) is 0 Å². The molecule has 4 heteroatoms. The summed E-state index contributed by atoms with van der Waals surface area (Å²) in [4.78, 5) is 13.5. The van der Waals surface area contributed by atoms with Crippen LogP contribution in [-0.4, -0.2) is 24.2 Å². The summed E-state index contributed by atoms with van der Waals surface area (Å²) in [5.41, 5.74) is 1.95. The molecule has 0 radical (unpaired) electrons. The lowest BCUT2D eigenvalue weighted by molar-refractivity contribution is 0.0697. The molecule has 1 spiro atoms. The molecular weight excluding hydrogens is 341 g/mol. The molecule has 0 unspecified atom stereocenters. The summed E-state index contributed by atoms with van der Waals surface area (Å²) in [6, 6.07) is 5.58. The van der Waals surface area contributed by atoms with E-state index in [9.17, 15) is 9.90 Å². The third-order valence-electron chi connectivity index (χ3n) is 4.31. The van der Waals surface area contributed by atoms with Crippen molar-refractivity contribution < 1.29 is 9.90 Å². The van der Waals surface area contributed by atoms with Gasteiger partial charge in [-0.3, -0.25) is 0 Å². The normalized spacial score (nSPS) is 21.1. The van der Waals surface area contributed by atoms with Gasteiger partial charge in [-0.2, -0.15) is 0 Å². The van der Waals surface area contributed by atoms with E-state index in [0.29, 0.717) is 11.0 Å². The fraction of sp³-hybridized carbons (Fsp3) is 0.500. The summed E-state index contributed by atoms with van der Waals surface area (Å²) in [6.45, 7) is 2.00. The summed E-state index contributed by atoms with van der Waals surface area (Å²) in [6.07, 6.45) is 5.19. The third-order valence-corrected chi connectivity index (χ3v) is 4.98. The monoisotopic (exact) mass is 357 g/mol. The second kappa shape index (κ2) is 4.40. The van der Waals surface area contributed by atoms with E-state index in [4.69, 9.17) is 0 Å². The van der Waals surface area contributed by atoms with E-state index in [1.807, 2.05) is 12.1 Å². The molecule has 2 fully saturated rings. The maximum Gasteiger partial charge on any atom is 0.337 e. The molecule has 1 aromatic rings. The maximum absolute atomic E-state index is 11.3. The quantitative estimate of drug-likeness (QED) is 0.826. The van der Waals surface area contributed by atoms with Crippen LogP contribution in [0.1, 0.15) is 36.0 Å². The highest BCUT2D eigenvalue weighted by atomic mass is 127. The van der Waals surface area contributed by atoms with Gasteiger partial charge in [0.15, 0.2) is 0 Å². The number of hydrogen-bond donors (Lipinski definition) is 1. The van der Waals surface area contributed by atoms with Gasteiger partial charge in [0.05, 0.1) is 11.3 Å². The minimum Gasteiger partial charge on any atom is -0.478 e. The van der Waals surface area contributed by atoms with Crippen molar-refractivity contribution in [3.8, 4) is 0 Å². The first-order chi connectivity index (χ1) is 8.60. The van der Waals surface area contributed by atoms with E-state index in [2.05, 4.69) is 27.5 Å². The lowest BCUT2D eigenvalue weighted by Gasteiger charge is -2.34. The number of benzene rings is 1. The molecule has 1 N–H and O–H groups in total. The molecule has 0 aromatic heterocycles. The molecule has 1 saturated carbocycles. The lowest BCUT2D eigenvalue weighted by Crippen LogP contribution is -2.35. The Kier molecular flexibility index (Phi) is 3.00. The zero-order chi connectivity index (χ0) is 12.8. The molecule has 0 bridgehead atoms. The minimum absolute atomic E-state index is 0.433. The molecule has 1 aliphatic heterocycles. The molecule has 3 nitrogen and oxygen atoms in total. The lowest BCUT2D eigenvalue weighted by atomic mass is 9.93. The van der Waals surface area contributed by atoms with E-state index in [1.54, 1.807) is 6.07 Å². The van der Waals surface area contributed by atoms with Crippen LogP contribution in [0.15, 0.2) is 18.2 Å². The van der Waals surface area contributed by atoms with Crippen LogP contribution in [0.4, 0.5) is 5.69 Å². The van der Waals surface area contributed by atoms with Crippen molar-refractivity contribution in [2.24, 2.45) is 5.41 Å². The minimum atomic E-state index is -0.826. The SMILES string of the molecule is O=C(O)c1ccc(I)cc1N1CCC2(CC1)CC2. The molecule has 18 heavy (non-hydrogen) atoms. The van der Waals surface area contributed by atoms with E-state index in [-0.39, 0.29) is 0 Å². The van der Waals surface area contributed by atoms with Gasteiger partial charge in [0.2, 0.25) is 0 Å². The van der Waals surface area contributed by atoms with Gasteiger partial charge in [0, 0.05) is 16.7 Å². The molecule has 1 aromatic carbocycles. The van der Waals surface area contributed by atoms with Gasteiger partial charge in [-0.05, 0) is 71.9 Å². The van der Waals surface area contributed by atoms with Crippen molar-refractivity contribution in [3.63, 3.8) is 0 Å². The number of piperidine rings is 1. The summed E-state index contributed by atoms with van der Waals surface area (Å²) >= 11 is 2.24. The van der Waals surface area contributed by atoms with Crippen LogP contribution in [0.3, 0.4) is 0 Å². The number of carboxylic acids is 1. The molecule has 2 aliphatic rings.